The number of Topliss-reactive ketones (excluding diaryl/α,β-unsaturated/α-hetero) is 2. The number of aromatic hydroxyl groups is 2. The Labute approximate surface area is 349 Å². The van der Waals surface area contributed by atoms with Gasteiger partial charge >= 0.3 is 11.9 Å². The number of ether oxygens (including phenoxy) is 6. The lowest BCUT2D eigenvalue weighted by molar-refractivity contribution is -0.378. The average molecular weight is 877 g/mol. The maximum atomic E-state index is 14.2. The molecular formula is C40H44O22. The summed E-state index contributed by atoms with van der Waals surface area (Å²) in [6.45, 7) is -3.07. The number of carbonyl (C=O) groups is 4. The molecular weight excluding hydrogens is 832 g/mol. The number of para-hydroxylation sites is 2. The minimum atomic E-state index is -2.90. The molecule has 2 aromatic carbocycles. The van der Waals surface area contributed by atoms with Crippen LogP contribution in [0, 0.1) is 47.3 Å². The number of benzene rings is 2. The summed E-state index contributed by atoms with van der Waals surface area (Å²) < 4.78 is 32.8. The third-order valence-corrected chi connectivity index (χ3v) is 14.2. The molecule has 5 saturated carbocycles. The van der Waals surface area contributed by atoms with Gasteiger partial charge in [-0.3, -0.25) is 9.59 Å². The van der Waals surface area contributed by atoms with Gasteiger partial charge in [0.05, 0.1) is 13.2 Å². The first-order chi connectivity index (χ1) is 29.4. The molecule has 0 aromatic heterocycles. The van der Waals surface area contributed by atoms with Crippen LogP contribution in [-0.4, -0.2) is 171 Å². The van der Waals surface area contributed by atoms with E-state index in [1.807, 2.05) is 0 Å². The molecule has 6 unspecified atom stereocenters. The Morgan fingerprint density at radius 2 is 0.935 bits per heavy atom. The van der Waals surface area contributed by atoms with Crippen LogP contribution in [0.5, 0.6) is 23.0 Å². The summed E-state index contributed by atoms with van der Waals surface area (Å²) in [6, 6.07) is 7.61. The van der Waals surface area contributed by atoms with Crippen LogP contribution < -0.4 is 9.47 Å². The summed E-state index contributed by atoms with van der Waals surface area (Å²) in [5.41, 5.74) is -5.96. The summed E-state index contributed by atoms with van der Waals surface area (Å²) >= 11 is 0. The third-order valence-electron chi connectivity index (χ3n) is 14.2. The highest BCUT2D eigenvalue weighted by atomic mass is 16.7. The van der Waals surface area contributed by atoms with Crippen molar-refractivity contribution in [1.82, 2.24) is 0 Å². The Hall–Kier alpha value is -4.56. The first kappa shape index (κ1) is 42.7. The SMILES string of the molecule is O=C(OCc1cccc(O)c1O[C@@H]1O[C@H](CO)[C@@H](O)[C@H](O)[C@H]1O)C1(O)C(=O)C2C3C4C5C(C(=O)C(O)(C(=O)OCc6cccc(O)c6O[C@@H]6O[C@H](CO)[C@@H](O)[C@H](O)[C@H]6O)C2C53)C41. The Morgan fingerprint density at radius 1 is 0.565 bits per heavy atom. The van der Waals surface area contributed by atoms with Gasteiger partial charge in [-0.15, -0.1) is 0 Å². The van der Waals surface area contributed by atoms with E-state index in [-0.39, 0.29) is 11.1 Å². The molecule has 16 atom stereocenters. The van der Waals surface area contributed by atoms with Crippen LogP contribution in [0.4, 0.5) is 0 Å². The second-order valence-corrected chi connectivity index (χ2v) is 17.0. The first-order valence-corrected chi connectivity index (χ1v) is 19.9. The highest BCUT2D eigenvalue weighted by Gasteiger charge is 2.93. The molecule has 7 fully saturated rings. The molecule has 12 N–H and O–H groups in total. The monoisotopic (exact) mass is 876 g/mol. The molecule has 0 radical (unpaired) electrons. The number of fused-ring (bicyclic) bond motifs is 2. The van der Waals surface area contributed by atoms with E-state index in [1.165, 1.54) is 24.3 Å². The minimum Gasteiger partial charge on any atom is -0.504 e. The molecule has 2 saturated heterocycles. The van der Waals surface area contributed by atoms with Crippen molar-refractivity contribution in [2.45, 2.75) is 85.8 Å². The predicted octanol–water partition coefficient (Wildman–Crippen LogP) is -5.16. The van der Waals surface area contributed by atoms with Crippen LogP contribution in [0.25, 0.3) is 0 Å². The maximum Gasteiger partial charge on any atom is 0.346 e. The van der Waals surface area contributed by atoms with Gasteiger partial charge in [0.2, 0.25) is 23.8 Å². The topological polar surface area (TPSA) is 366 Å². The van der Waals surface area contributed by atoms with Crippen LogP contribution in [0.2, 0.25) is 0 Å². The molecule has 9 rings (SSSR count). The van der Waals surface area contributed by atoms with E-state index in [0.29, 0.717) is 0 Å². The summed E-state index contributed by atoms with van der Waals surface area (Å²) in [6.07, 6.45) is -17.0. The zero-order chi connectivity index (χ0) is 44.5. The van der Waals surface area contributed by atoms with Gasteiger partial charge in [-0.05, 0) is 35.8 Å². The third kappa shape index (κ3) is 5.72. The van der Waals surface area contributed by atoms with Crippen LogP contribution in [-0.2, 0) is 51.3 Å². The largest absolute Gasteiger partial charge is 0.504 e. The summed E-state index contributed by atoms with van der Waals surface area (Å²) in [7, 11) is 0. The van der Waals surface area contributed by atoms with Crippen molar-refractivity contribution in [1.29, 1.82) is 0 Å². The first-order valence-electron chi connectivity index (χ1n) is 19.9. The number of hydrogen-bond donors (Lipinski definition) is 12. The average Bonchev–Trinajstić information content (AvgIpc) is 3.24. The number of esters is 2. The van der Waals surface area contributed by atoms with E-state index in [2.05, 4.69) is 0 Å². The smallest absolute Gasteiger partial charge is 0.346 e. The number of aliphatic hydroxyl groups excluding tert-OH is 8. The van der Waals surface area contributed by atoms with Gasteiger partial charge < -0.3 is 89.7 Å². The Balaban J connectivity index is 0.910. The van der Waals surface area contributed by atoms with E-state index in [9.17, 15) is 80.5 Å². The molecule has 7 aliphatic rings. The quantitative estimate of drug-likeness (QED) is 0.0700. The summed E-state index contributed by atoms with van der Waals surface area (Å²) in [5.74, 6) is -14.4. The van der Waals surface area contributed by atoms with E-state index >= 15 is 0 Å². The molecule has 0 spiro atoms. The molecule has 62 heavy (non-hydrogen) atoms. The summed E-state index contributed by atoms with van der Waals surface area (Å²) in [5, 5.41) is 126. The van der Waals surface area contributed by atoms with Gasteiger partial charge in [0, 0.05) is 34.8 Å². The van der Waals surface area contributed by atoms with E-state index in [0.717, 1.165) is 12.1 Å². The number of carbonyl (C=O) groups excluding carboxylic acids is 4. The predicted molar refractivity (Wildman–Crippen MR) is 192 cm³/mol. The zero-order valence-corrected chi connectivity index (χ0v) is 32.1. The second kappa shape index (κ2) is 15.0. The van der Waals surface area contributed by atoms with Crippen molar-refractivity contribution in [3.05, 3.63) is 47.5 Å². The zero-order valence-electron chi connectivity index (χ0n) is 32.1. The molecule has 0 amide bonds. The number of hydrogen-bond acceptors (Lipinski definition) is 22. The van der Waals surface area contributed by atoms with E-state index in [1.54, 1.807) is 0 Å². The number of rotatable bonds is 12. The lowest BCUT2D eigenvalue weighted by Crippen LogP contribution is -2.94. The summed E-state index contributed by atoms with van der Waals surface area (Å²) in [4.78, 5) is 56.3. The van der Waals surface area contributed by atoms with Gasteiger partial charge in [-0.1, -0.05) is 24.3 Å². The Morgan fingerprint density at radius 3 is 1.29 bits per heavy atom. The normalized spacial score (nSPS) is 44.5. The van der Waals surface area contributed by atoms with Crippen LogP contribution in [0.3, 0.4) is 0 Å². The second-order valence-electron chi connectivity index (χ2n) is 17.0. The fourth-order valence-corrected chi connectivity index (χ4v) is 11.2. The number of phenols is 2. The molecule has 2 aliphatic heterocycles. The molecule has 2 heterocycles. The minimum absolute atomic E-state index is 0.0814. The lowest BCUT2D eigenvalue weighted by atomic mass is 9.17. The number of phenolic OH excluding ortho intramolecular Hbond substituents is 2. The highest BCUT2D eigenvalue weighted by Crippen LogP contribution is 2.84. The molecule has 0 bridgehead atoms. The van der Waals surface area contributed by atoms with Crippen molar-refractivity contribution >= 4 is 23.5 Å². The molecule has 336 valence electrons. The van der Waals surface area contributed by atoms with E-state index in [4.69, 9.17) is 28.4 Å². The van der Waals surface area contributed by atoms with Gasteiger partial charge in [0.15, 0.2) is 34.6 Å². The van der Waals surface area contributed by atoms with Gasteiger partial charge in [-0.25, -0.2) is 9.59 Å². The van der Waals surface area contributed by atoms with Crippen molar-refractivity contribution in [2.75, 3.05) is 13.2 Å². The van der Waals surface area contributed by atoms with Gasteiger partial charge in [0.25, 0.3) is 0 Å². The molecule has 2 aromatic rings. The fourth-order valence-electron chi connectivity index (χ4n) is 11.2. The highest BCUT2D eigenvalue weighted by molar-refractivity contribution is 6.17. The molecule has 22 heteroatoms. The van der Waals surface area contributed by atoms with Crippen molar-refractivity contribution in [3.8, 4) is 23.0 Å². The van der Waals surface area contributed by atoms with Crippen molar-refractivity contribution < 1.29 is 109 Å². The fraction of sp³-hybridized carbons (Fsp3) is 0.600. The number of ketones is 2. The van der Waals surface area contributed by atoms with Crippen LogP contribution in [0.1, 0.15) is 11.1 Å². The van der Waals surface area contributed by atoms with Crippen molar-refractivity contribution in [3.63, 3.8) is 0 Å². The Kier molecular flexibility index (Phi) is 10.4. The van der Waals surface area contributed by atoms with Gasteiger partial charge in [-0.2, -0.15) is 0 Å². The number of aliphatic hydroxyl groups is 10. The molecule has 22 nitrogen and oxygen atoms in total. The maximum absolute atomic E-state index is 14.2. The van der Waals surface area contributed by atoms with Crippen LogP contribution >= 0.6 is 0 Å². The van der Waals surface area contributed by atoms with E-state index < -0.39 is 193 Å². The molecule has 5 aliphatic carbocycles. The van der Waals surface area contributed by atoms with Gasteiger partial charge in [0.1, 0.15) is 62.0 Å². The standard InChI is InChI=1S/C40H44O22/c41-7-15-25(45)27(47)29(49)35(59-15)61-31-11(3-1-5-13(31)43)9-57-37(53)39(55)23-19-17-20-18(19)22(33(39)51)24(20)40(56,34(52)21(17)23)38(54)58-10-12-4-2-6-14(44)32(12)62-36-30(50)28(48)26(46)16(8-42)60-36/h1-6,15-30,35-36,41-50,55-56H,7-10H2/t15-,16-,17?,18?,19?,20?,21?,22?,23?,24?,25-,26-,27+,28+,29-,30-,35+,36+,39?,40?/m1/s1. The van der Waals surface area contributed by atoms with Crippen molar-refractivity contribution in [2.24, 2.45) is 47.3 Å². The van der Waals surface area contributed by atoms with Crippen LogP contribution in [0.15, 0.2) is 36.4 Å². The Bertz CT molecular complexity index is 2000. The lowest BCUT2D eigenvalue weighted by Gasteiger charge is -2.85.